The summed E-state index contributed by atoms with van der Waals surface area (Å²) < 4.78 is 0. The quantitative estimate of drug-likeness (QED) is 0.449. The Kier molecular flexibility index (Phi) is 1.64. The first-order valence-corrected chi connectivity index (χ1v) is 4.41. The topological polar surface area (TPSA) is 20.3 Å². The summed E-state index contributed by atoms with van der Waals surface area (Å²) in [5.74, 6) is 0.976. The first-order chi connectivity index (χ1) is 5.33. The highest BCUT2D eigenvalue weighted by Gasteiger charge is 2.40. The van der Waals surface area contributed by atoms with Crippen molar-refractivity contribution < 1.29 is 4.79 Å². The number of carbonyl (C=O) groups excluding carboxylic acids is 1. The molecule has 0 spiro atoms. The van der Waals surface area contributed by atoms with Crippen molar-refractivity contribution >= 4 is 17.5 Å². The Hall–Kier alpha value is -0.500. The Balaban J connectivity index is 2.12. The molecular formula is C8H10ClNO. The lowest BCUT2D eigenvalue weighted by atomic mass is 10.1. The van der Waals surface area contributed by atoms with E-state index in [1.54, 1.807) is 0 Å². The van der Waals surface area contributed by atoms with Crippen molar-refractivity contribution in [2.75, 3.05) is 12.4 Å². The molecule has 2 rings (SSSR count). The van der Waals surface area contributed by atoms with E-state index in [4.69, 9.17) is 11.6 Å². The van der Waals surface area contributed by atoms with Gasteiger partial charge in [0.15, 0.2) is 0 Å². The fraction of sp³-hybridized carbons (Fsp3) is 0.625. The van der Waals surface area contributed by atoms with Gasteiger partial charge in [0, 0.05) is 12.4 Å². The molecule has 0 radical (unpaired) electrons. The van der Waals surface area contributed by atoms with Crippen LogP contribution in [-0.4, -0.2) is 29.3 Å². The minimum absolute atomic E-state index is 0.170. The summed E-state index contributed by atoms with van der Waals surface area (Å²) >= 11 is 5.57. The summed E-state index contributed by atoms with van der Waals surface area (Å²) in [6.07, 6.45) is 5.10. The molecule has 1 saturated heterocycles. The third-order valence-electron chi connectivity index (χ3n) is 2.39. The Bertz CT molecular complexity index is 214. The molecule has 1 heterocycles. The molecule has 3 heteroatoms. The summed E-state index contributed by atoms with van der Waals surface area (Å²) in [5, 5.41) is 0. The summed E-state index contributed by atoms with van der Waals surface area (Å²) in [7, 11) is 0. The average molecular weight is 172 g/mol. The molecule has 2 aliphatic rings. The third-order valence-corrected chi connectivity index (χ3v) is 2.56. The number of amides is 1. The van der Waals surface area contributed by atoms with Crippen LogP contribution < -0.4 is 0 Å². The molecule has 0 aromatic carbocycles. The number of nitrogens with zero attached hydrogens (tertiary/aromatic N) is 1. The monoisotopic (exact) mass is 171 g/mol. The van der Waals surface area contributed by atoms with Crippen molar-refractivity contribution in [3.8, 4) is 0 Å². The number of hydrogen-bond acceptors (Lipinski definition) is 1. The molecule has 11 heavy (non-hydrogen) atoms. The van der Waals surface area contributed by atoms with Crippen molar-refractivity contribution in [3.05, 3.63) is 12.2 Å². The maximum Gasteiger partial charge on any atom is 0.230 e. The molecule has 0 aromatic heterocycles. The van der Waals surface area contributed by atoms with Gasteiger partial charge < -0.3 is 4.90 Å². The van der Waals surface area contributed by atoms with Crippen molar-refractivity contribution in [1.82, 2.24) is 4.90 Å². The van der Waals surface area contributed by atoms with Crippen LogP contribution in [0.2, 0.25) is 0 Å². The van der Waals surface area contributed by atoms with Crippen molar-refractivity contribution in [2.24, 2.45) is 5.92 Å². The molecule has 2 nitrogen and oxygen atoms in total. The van der Waals surface area contributed by atoms with Crippen LogP contribution in [0.3, 0.4) is 0 Å². The second kappa shape index (κ2) is 2.52. The van der Waals surface area contributed by atoms with Crippen molar-refractivity contribution in [3.63, 3.8) is 0 Å². The van der Waals surface area contributed by atoms with E-state index in [0.29, 0.717) is 18.5 Å². The Morgan fingerprint density at radius 1 is 1.64 bits per heavy atom. The van der Waals surface area contributed by atoms with E-state index in [-0.39, 0.29) is 11.8 Å². The highest BCUT2D eigenvalue weighted by Crippen LogP contribution is 2.32. The number of carbonyl (C=O) groups is 1. The van der Waals surface area contributed by atoms with E-state index in [1.807, 2.05) is 11.0 Å². The van der Waals surface area contributed by atoms with Crippen LogP contribution in [0.5, 0.6) is 0 Å². The maximum absolute atomic E-state index is 11.4. The van der Waals surface area contributed by atoms with E-state index < -0.39 is 0 Å². The van der Waals surface area contributed by atoms with Gasteiger partial charge in [0.2, 0.25) is 5.91 Å². The van der Waals surface area contributed by atoms with Gasteiger partial charge >= 0.3 is 0 Å². The van der Waals surface area contributed by atoms with Crippen LogP contribution in [0.4, 0.5) is 0 Å². The zero-order chi connectivity index (χ0) is 7.84. The number of likely N-dealkylation sites (tertiary alicyclic amines) is 1. The highest BCUT2D eigenvalue weighted by molar-refractivity contribution is 6.18. The molecule has 1 amide bonds. The van der Waals surface area contributed by atoms with E-state index in [9.17, 15) is 4.79 Å². The maximum atomic E-state index is 11.4. The summed E-state index contributed by atoms with van der Waals surface area (Å²) in [4.78, 5) is 13.2. The highest BCUT2D eigenvalue weighted by atomic mass is 35.5. The number of rotatable bonds is 2. The van der Waals surface area contributed by atoms with Gasteiger partial charge in [-0.1, -0.05) is 12.2 Å². The average Bonchev–Trinajstić information content (AvgIpc) is 2.54. The first kappa shape index (κ1) is 7.17. The molecule has 1 aliphatic carbocycles. The molecule has 0 N–H and O–H groups in total. The Morgan fingerprint density at radius 2 is 2.45 bits per heavy atom. The Morgan fingerprint density at radius 3 is 3.00 bits per heavy atom. The van der Waals surface area contributed by atoms with Gasteiger partial charge in [0.1, 0.15) is 0 Å². The predicted molar refractivity (Wildman–Crippen MR) is 43.5 cm³/mol. The number of fused-ring (bicyclic) bond motifs is 2. The van der Waals surface area contributed by atoms with E-state index in [0.717, 1.165) is 6.42 Å². The summed E-state index contributed by atoms with van der Waals surface area (Å²) in [6.45, 7) is 0.700. The smallest absolute Gasteiger partial charge is 0.230 e. The first-order valence-electron chi connectivity index (χ1n) is 3.87. The molecule has 1 aliphatic heterocycles. The minimum atomic E-state index is 0.170. The Labute approximate surface area is 70.8 Å². The molecule has 0 saturated carbocycles. The molecule has 1 fully saturated rings. The lowest BCUT2D eigenvalue weighted by Crippen LogP contribution is -2.36. The molecule has 2 bridgehead atoms. The molecule has 0 aromatic rings. The van der Waals surface area contributed by atoms with Crippen LogP contribution in [0.15, 0.2) is 12.2 Å². The fourth-order valence-electron chi connectivity index (χ4n) is 1.84. The van der Waals surface area contributed by atoms with Crippen LogP contribution in [0.25, 0.3) is 0 Å². The largest absolute Gasteiger partial charge is 0.335 e. The van der Waals surface area contributed by atoms with E-state index in [1.165, 1.54) is 0 Å². The minimum Gasteiger partial charge on any atom is -0.335 e. The summed E-state index contributed by atoms with van der Waals surface area (Å²) in [5.41, 5.74) is 0. The number of alkyl halides is 1. The number of hydrogen-bond donors (Lipinski definition) is 0. The lowest BCUT2D eigenvalue weighted by molar-refractivity contribution is -0.130. The molecule has 2 unspecified atom stereocenters. The standard InChI is InChI=1S/C8H10ClNO/c9-3-4-10-7-2-1-6(5-7)8(10)11/h1-2,6-7H,3-5H2. The molecule has 60 valence electrons. The number of halogens is 1. The zero-order valence-corrected chi connectivity index (χ0v) is 6.92. The molecule has 2 atom stereocenters. The normalized spacial score (nSPS) is 33.9. The van der Waals surface area contributed by atoms with Crippen molar-refractivity contribution in [1.29, 1.82) is 0 Å². The molecular weight excluding hydrogens is 162 g/mol. The van der Waals surface area contributed by atoms with E-state index in [2.05, 4.69) is 6.08 Å². The lowest BCUT2D eigenvalue weighted by Gasteiger charge is -2.22. The third kappa shape index (κ3) is 0.968. The zero-order valence-electron chi connectivity index (χ0n) is 6.16. The van der Waals surface area contributed by atoms with Crippen molar-refractivity contribution in [2.45, 2.75) is 12.5 Å². The van der Waals surface area contributed by atoms with Crippen LogP contribution in [-0.2, 0) is 4.79 Å². The van der Waals surface area contributed by atoms with Gasteiger partial charge in [-0.05, 0) is 6.42 Å². The van der Waals surface area contributed by atoms with Gasteiger partial charge in [-0.3, -0.25) is 4.79 Å². The second-order valence-corrected chi connectivity index (χ2v) is 3.39. The SMILES string of the molecule is O=C1C2C=CC(C2)N1CCCl. The van der Waals surface area contributed by atoms with Gasteiger partial charge in [0.05, 0.1) is 12.0 Å². The summed E-state index contributed by atoms with van der Waals surface area (Å²) in [6, 6.07) is 0.353. The van der Waals surface area contributed by atoms with Crippen LogP contribution >= 0.6 is 11.6 Å². The van der Waals surface area contributed by atoms with Gasteiger partial charge in [-0.2, -0.15) is 0 Å². The van der Waals surface area contributed by atoms with Gasteiger partial charge in [0.25, 0.3) is 0 Å². The van der Waals surface area contributed by atoms with Gasteiger partial charge in [-0.15, -0.1) is 11.6 Å². The van der Waals surface area contributed by atoms with Crippen LogP contribution in [0, 0.1) is 5.92 Å². The fourth-order valence-corrected chi connectivity index (χ4v) is 2.02. The second-order valence-electron chi connectivity index (χ2n) is 3.02. The van der Waals surface area contributed by atoms with Gasteiger partial charge in [-0.25, -0.2) is 0 Å². The van der Waals surface area contributed by atoms with E-state index >= 15 is 0 Å². The predicted octanol–water partition coefficient (Wildman–Crippen LogP) is 1.01. The van der Waals surface area contributed by atoms with Crippen LogP contribution in [0.1, 0.15) is 6.42 Å².